The zero-order valence-electron chi connectivity index (χ0n) is 22.5. The lowest BCUT2D eigenvalue weighted by molar-refractivity contribution is -0.137. The summed E-state index contributed by atoms with van der Waals surface area (Å²) in [6, 6.07) is 16.8. The molecule has 2 aromatic carbocycles. The standard InChI is InChI=1S/C29H31N5O4.ClH/c1-5-32-23-14-13-21(18-25(23)31(4)26(35)29(2,3)27(32)36)38-17-9-16-33-22-11-6-7-12-24(22)34(28(33)37)20-10-8-15-30-19-20;/h6-8,10-15,18-19H,5,9,16-17H2,1-4H3;1H. The van der Waals surface area contributed by atoms with E-state index in [1.165, 1.54) is 4.90 Å². The summed E-state index contributed by atoms with van der Waals surface area (Å²) < 4.78 is 9.46. The molecule has 0 spiro atoms. The van der Waals surface area contributed by atoms with Gasteiger partial charge in [-0.05, 0) is 63.6 Å². The van der Waals surface area contributed by atoms with E-state index in [0.29, 0.717) is 43.2 Å². The van der Waals surface area contributed by atoms with Crippen LogP contribution >= 0.6 is 12.4 Å². The van der Waals surface area contributed by atoms with Gasteiger partial charge in [0.25, 0.3) is 0 Å². The Labute approximate surface area is 233 Å². The number of benzene rings is 2. The van der Waals surface area contributed by atoms with Gasteiger partial charge in [-0.2, -0.15) is 0 Å². The second-order valence-corrected chi connectivity index (χ2v) is 9.86. The minimum atomic E-state index is -1.16. The monoisotopic (exact) mass is 549 g/mol. The first-order chi connectivity index (χ1) is 18.3. The van der Waals surface area contributed by atoms with Gasteiger partial charge in [0.15, 0.2) is 0 Å². The predicted molar refractivity (Wildman–Crippen MR) is 154 cm³/mol. The molecule has 5 rings (SSSR count). The molecule has 0 atom stereocenters. The fourth-order valence-corrected chi connectivity index (χ4v) is 5.04. The van der Waals surface area contributed by atoms with Crippen LogP contribution in [0, 0.1) is 5.41 Å². The number of carbonyl (C=O) groups excluding carboxylic acids is 2. The van der Waals surface area contributed by atoms with Gasteiger partial charge in [0, 0.05) is 32.4 Å². The molecule has 1 aliphatic rings. The van der Waals surface area contributed by atoms with Gasteiger partial charge in [0.1, 0.15) is 11.2 Å². The number of carbonyl (C=O) groups is 2. The maximum atomic E-state index is 13.3. The Morgan fingerprint density at radius 3 is 2.36 bits per heavy atom. The van der Waals surface area contributed by atoms with Crippen LogP contribution < -0.4 is 20.2 Å². The quantitative estimate of drug-likeness (QED) is 0.251. The summed E-state index contributed by atoms with van der Waals surface area (Å²) >= 11 is 0. The van der Waals surface area contributed by atoms with Crippen molar-refractivity contribution in [1.82, 2.24) is 14.1 Å². The normalized spacial score (nSPS) is 14.7. The van der Waals surface area contributed by atoms with Gasteiger partial charge in [-0.1, -0.05) is 12.1 Å². The third kappa shape index (κ3) is 4.78. The molecule has 0 N–H and O–H groups in total. The van der Waals surface area contributed by atoms with Crippen LogP contribution in [0.3, 0.4) is 0 Å². The number of fused-ring (bicyclic) bond motifs is 2. The molecule has 1 aliphatic heterocycles. The maximum absolute atomic E-state index is 13.3. The van der Waals surface area contributed by atoms with Crippen molar-refractivity contribution in [2.75, 3.05) is 30.0 Å². The van der Waals surface area contributed by atoms with Crippen molar-refractivity contribution in [1.29, 1.82) is 0 Å². The van der Waals surface area contributed by atoms with E-state index in [9.17, 15) is 14.4 Å². The molecule has 10 heteroatoms. The number of aromatic nitrogens is 3. The zero-order chi connectivity index (χ0) is 27.0. The van der Waals surface area contributed by atoms with Crippen LogP contribution in [0.4, 0.5) is 11.4 Å². The molecule has 0 saturated heterocycles. The van der Waals surface area contributed by atoms with Crippen molar-refractivity contribution in [3.63, 3.8) is 0 Å². The van der Waals surface area contributed by atoms with Crippen molar-refractivity contribution in [3.05, 3.63) is 77.5 Å². The lowest BCUT2D eigenvalue weighted by Gasteiger charge is -2.27. The van der Waals surface area contributed by atoms with Crippen LogP contribution in [-0.2, 0) is 16.1 Å². The van der Waals surface area contributed by atoms with Crippen LogP contribution in [-0.4, -0.2) is 46.1 Å². The van der Waals surface area contributed by atoms with E-state index in [2.05, 4.69) is 4.98 Å². The minimum absolute atomic E-state index is 0. The number of imidazole rings is 1. The molecule has 9 nitrogen and oxygen atoms in total. The zero-order valence-corrected chi connectivity index (χ0v) is 23.3. The Kier molecular flexibility index (Phi) is 7.83. The third-order valence-corrected chi connectivity index (χ3v) is 7.07. The second-order valence-electron chi connectivity index (χ2n) is 9.86. The van der Waals surface area contributed by atoms with Crippen molar-refractivity contribution in [3.8, 4) is 11.4 Å². The van der Waals surface area contributed by atoms with Crippen molar-refractivity contribution >= 4 is 46.6 Å². The van der Waals surface area contributed by atoms with Gasteiger partial charge in [-0.25, -0.2) is 4.79 Å². The molecule has 0 bridgehead atoms. The highest BCUT2D eigenvalue weighted by molar-refractivity contribution is 6.20. The summed E-state index contributed by atoms with van der Waals surface area (Å²) in [7, 11) is 1.68. The Hall–Kier alpha value is -4.11. The highest BCUT2D eigenvalue weighted by Crippen LogP contribution is 2.40. The Balaban J connectivity index is 0.00000353. The Morgan fingerprint density at radius 1 is 0.923 bits per heavy atom. The molecule has 0 radical (unpaired) electrons. The molecule has 0 fully saturated rings. The number of amides is 2. The number of nitrogens with zero attached hydrogens (tertiary/aromatic N) is 5. The van der Waals surface area contributed by atoms with Crippen LogP contribution in [0.1, 0.15) is 27.2 Å². The third-order valence-electron chi connectivity index (χ3n) is 7.07. The molecular weight excluding hydrogens is 518 g/mol. The van der Waals surface area contributed by atoms with Crippen LogP contribution in [0.25, 0.3) is 16.7 Å². The van der Waals surface area contributed by atoms with E-state index in [4.69, 9.17) is 4.74 Å². The van der Waals surface area contributed by atoms with E-state index in [0.717, 1.165) is 16.7 Å². The lowest BCUT2D eigenvalue weighted by atomic mass is 9.90. The van der Waals surface area contributed by atoms with E-state index < -0.39 is 5.41 Å². The van der Waals surface area contributed by atoms with E-state index >= 15 is 0 Å². The molecule has 2 amide bonds. The first-order valence-electron chi connectivity index (χ1n) is 12.7. The first kappa shape index (κ1) is 27.9. The summed E-state index contributed by atoms with van der Waals surface area (Å²) in [6.07, 6.45) is 3.95. The van der Waals surface area contributed by atoms with Gasteiger partial charge in [-0.15, -0.1) is 12.4 Å². The fourth-order valence-electron chi connectivity index (χ4n) is 5.04. The van der Waals surface area contributed by atoms with Crippen molar-refractivity contribution in [2.24, 2.45) is 5.41 Å². The van der Waals surface area contributed by atoms with Crippen LogP contribution in [0.2, 0.25) is 0 Å². The Morgan fingerprint density at radius 2 is 1.67 bits per heavy atom. The topological polar surface area (TPSA) is 89.7 Å². The molecule has 2 aromatic heterocycles. The average molecular weight is 550 g/mol. The highest BCUT2D eigenvalue weighted by atomic mass is 35.5. The summed E-state index contributed by atoms with van der Waals surface area (Å²) in [5, 5.41) is 0. The Bertz CT molecular complexity index is 1580. The molecule has 4 aromatic rings. The van der Waals surface area contributed by atoms with E-state index in [-0.39, 0.29) is 29.9 Å². The summed E-state index contributed by atoms with van der Waals surface area (Å²) in [5.41, 5.74) is 2.41. The number of aryl methyl sites for hydroxylation is 1. The number of hydrogen-bond donors (Lipinski definition) is 0. The smallest absolute Gasteiger partial charge is 0.333 e. The minimum Gasteiger partial charge on any atom is -0.493 e. The number of pyridine rings is 1. The number of ether oxygens (including phenoxy) is 1. The second kappa shape index (κ2) is 10.9. The maximum Gasteiger partial charge on any atom is 0.333 e. The number of para-hydroxylation sites is 2. The van der Waals surface area contributed by atoms with E-state index in [1.807, 2.05) is 55.5 Å². The molecule has 0 saturated carbocycles. The van der Waals surface area contributed by atoms with Gasteiger partial charge < -0.3 is 14.5 Å². The summed E-state index contributed by atoms with van der Waals surface area (Å²) in [5.74, 6) is 0.109. The van der Waals surface area contributed by atoms with Gasteiger partial charge in [0.2, 0.25) is 11.8 Å². The fraction of sp³-hybridized carbons (Fsp3) is 0.310. The van der Waals surface area contributed by atoms with E-state index in [1.54, 1.807) is 53.4 Å². The highest BCUT2D eigenvalue weighted by Gasteiger charge is 2.45. The first-order valence-corrected chi connectivity index (χ1v) is 12.7. The predicted octanol–water partition coefficient (Wildman–Crippen LogP) is 4.43. The van der Waals surface area contributed by atoms with Crippen LogP contribution in [0.5, 0.6) is 5.75 Å². The van der Waals surface area contributed by atoms with Crippen molar-refractivity contribution < 1.29 is 14.3 Å². The largest absolute Gasteiger partial charge is 0.493 e. The van der Waals surface area contributed by atoms with Gasteiger partial charge >= 0.3 is 5.69 Å². The van der Waals surface area contributed by atoms with Crippen molar-refractivity contribution in [2.45, 2.75) is 33.7 Å². The van der Waals surface area contributed by atoms with Gasteiger partial charge in [0.05, 0.1) is 40.9 Å². The molecule has 204 valence electrons. The molecular formula is C29H32ClN5O4. The number of hydrogen-bond acceptors (Lipinski definition) is 5. The molecule has 0 aliphatic carbocycles. The van der Waals surface area contributed by atoms with Gasteiger partial charge in [-0.3, -0.25) is 23.7 Å². The number of rotatable bonds is 7. The summed E-state index contributed by atoms with van der Waals surface area (Å²) in [6.45, 7) is 6.52. The lowest BCUT2D eigenvalue weighted by Crippen LogP contribution is -2.47. The average Bonchev–Trinajstić information content (AvgIpc) is 3.19. The van der Waals surface area contributed by atoms with Crippen LogP contribution in [0.15, 0.2) is 71.8 Å². The summed E-state index contributed by atoms with van der Waals surface area (Å²) in [4.78, 5) is 46.8. The number of halogens is 1. The molecule has 0 unspecified atom stereocenters. The molecule has 3 heterocycles. The SMILES string of the molecule is CCN1C(=O)C(C)(C)C(=O)N(C)c2cc(OCCCn3c(=O)n(-c4cccnc4)c4ccccc43)ccc21.Cl. The number of anilines is 2. The molecule has 39 heavy (non-hydrogen) atoms.